The zero-order chi connectivity index (χ0) is 13.5. The largest absolute Gasteiger partial charge is 0.380 e. The number of hydrogen-bond acceptors (Lipinski definition) is 8. The summed E-state index contributed by atoms with van der Waals surface area (Å²) in [6, 6.07) is 0.105. The van der Waals surface area contributed by atoms with Crippen LogP contribution in [0, 0.1) is 0 Å². The summed E-state index contributed by atoms with van der Waals surface area (Å²) in [7, 11) is 3.70. The molecule has 102 valence electrons. The number of hydrogen-bond donors (Lipinski definition) is 3. The highest BCUT2D eigenvalue weighted by molar-refractivity contribution is 5.42. The molecule has 0 aromatic carbocycles. The van der Waals surface area contributed by atoms with Crippen molar-refractivity contribution < 1.29 is 4.74 Å². The van der Waals surface area contributed by atoms with Gasteiger partial charge in [-0.3, -0.25) is 5.43 Å². The smallest absolute Gasteiger partial charge is 0.243 e. The molecule has 0 saturated heterocycles. The SMILES string of the molecule is CCOCC(C)Nc1nc(NN)nc(N(C)C)n1. The standard InChI is InChI=1S/C10H21N7O/c1-5-18-6-7(2)12-8-13-9(16-11)15-10(14-8)17(3)4/h7H,5-6,11H2,1-4H3,(H2,12,13,14,15,16). The topological polar surface area (TPSA) is 101 Å². The molecule has 0 radical (unpaired) electrons. The monoisotopic (exact) mass is 255 g/mol. The number of hydrazine groups is 1. The van der Waals surface area contributed by atoms with E-state index in [1.807, 2.05) is 27.9 Å². The lowest BCUT2D eigenvalue weighted by atomic mass is 10.4. The Morgan fingerprint density at radius 1 is 1.28 bits per heavy atom. The Balaban J connectivity index is 2.77. The van der Waals surface area contributed by atoms with E-state index in [0.717, 1.165) is 0 Å². The summed E-state index contributed by atoms with van der Waals surface area (Å²) in [5, 5.41) is 3.14. The second-order valence-electron chi connectivity index (χ2n) is 4.03. The molecule has 0 amide bonds. The highest BCUT2D eigenvalue weighted by Crippen LogP contribution is 2.11. The first-order chi connectivity index (χ1) is 8.56. The average Bonchev–Trinajstić information content (AvgIpc) is 2.35. The Labute approximate surface area is 107 Å². The van der Waals surface area contributed by atoms with Crippen molar-refractivity contribution in [1.29, 1.82) is 0 Å². The number of nitrogen functional groups attached to an aromatic ring is 1. The number of ether oxygens (including phenoxy) is 1. The van der Waals surface area contributed by atoms with Crippen LogP contribution in [0.3, 0.4) is 0 Å². The Hall–Kier alpha value is -1.67. The molecule has 8 nitrogen and oxygen atoms in total. The second-order valence-corrected chi connectivity index (χ2v) is 4.03. The van der Waals surface area contributed by atoms with E-state index in [1.165, 1.54) is 0 Å². The molecule has 1 aromatic heterocycles. The molecule has 1 unspecified atom stereocenters. The van der Waals surface area contributed by atoms with Gasteiger partial charge in [-0.1, -0.05) is 0 Å². The van der Waals surface area contributed by atoms with Gasteiger partial charge in [0.15, 0.2) is 0 Å². The molecule has 0 aliphatic rings. The van der Waals surface area contributed by atoms with Gasteiger partial charge in [0.1, 0.15) is 0 Å². The Morgan fingerprint density at radius 2 is 1.94 bits per heavy atom. The fraction of sp³-hybridized carbons (Fsp3) is 0.700. The highest BCUT2D eigenvalue weighted by Gasteiger charge is 2.09. The molecule has 4 N–H and O–H groups in total. The molecule has 0 saturated carbocycles. The number of anilines is 3. The Morgan fingerprint density at radius 3 is 2.50 bits per heavy atom. The average molecular weight is 255 g/mol. The third kappa shape index (κ3) is 4.30. The van der Waals surface area contributed by atoms with E-state index in [-0.39, 0.29) is 6.04 Å². The second kappa shape index (κ2) is 6.92. The van der Waals surface area contributed by atoms with Gasteiger partial charge in [-0.15, -0.1) is 0 Å². The van der Waals surface area contributed by atoms with Crippen LogP contribution in [-0.2, 0) is 4.74 Å². The van der Waals surface area contributed by atoms with Gasteiger partial charge in [0.05, 0.1) is 6.61 Å². The van der Waals surface area contributed by atoms with Crippen LogP contribution >= 0.6 is 0 Å². The fourth-order valence-corrected chi connectivity index (χ4v) is 1.25. The number of aromatic nitrogens is 3. The van der Waals surface area contributed by atoms with Crippen molar-refractivity contribution in [3.8, 4) is 0 Å². The Kier molecular flexibility index (Phi) is 5.53. The van der Waals surface area contributed by atoms with Crippen LogP contribution in [0.1, 0.15) is 13.8 Å². The van der Waals surface area contributed by atoms with Gasteiger partial charge in [-0.2, -0.15) is 15.0 Å². The minimum absolute atomic E-state index is 0.105. The van der Waals surface area contributed by atoms with E-state index >= 15 is 0 Å². The van der Waals surface area contributed by atoms with Crippen molar-refractivity contribution in [2.75, 3.05) is 43.0 Å². The van der Waals surface area contributed by atoms with Gasteiger partial charge >= 0.3 is 0 Å². The lowest BCUT2D eigenvalue weighted by molar-refractivity contribution is 0.141. The first kappa shape index (κ1) is 14.4. The van der Waals surface area contributed by atoms with Crippen molar-refractivity contribution >= 4 is 17.8 Å². The van der Waals surface area contributed by atoms with Crippen LogP contribution in [0.5, 0.6) is 0 Å². The number of nitrogens with two attached hydrogens (primary N) is 1. The summed E-state index contributed by atoms with van der Waals surface area (Å²) in [6.45, 7) is 5.22. The van der Waals surface area contributed by atoms with Crippen molar-refractivity contribution in [1.82, 2.24) is 15.0 Å². The van der Waals surface area contributed by atoms with Crippen molar-refractivity contribution in [2.45, 2.75) is 19.9 Å². The molecule has 0 spiro atoms. The summed E-state index contributed by atoms with van der Waals surface area (Å²) in [5.74, 6) is 6.64. The molecular formula is C10H21N7O. The summed E-state index contributed by atoms with van der Waals surface area (Å²) < 4.78 is 5.32. The zero-order valence-corrected chi connectivity index (χ0v) is 11.3. The lowest BCUT2D eigenvalue weighted by Gasteiger charge is -2.16. The maximum Gasteiger partial charge on any atom is 0.243 e. The molecule has 1 atom stereocenters. The third-order valence-corrected chi connectivity index (χ3v) is 2.10. The molecule has 0 aliphatic carbocycles. The van der Waals surface area contributed by atoms with Crippen LogP contribution in [0.25, 0.3) is 0 Å². The lowest BCUT2D eigenvalue weighted by Crippen LogP contribution is -2.25. The van der Waals surface area contributed by atoms with Crippen LogP contribution in [0.15, 0.2) is 0 Å². The van der Waals surface area contributed by atoms with Gasteiger partial charge < -0.3 is 15.0 Å². The number of nitrogens with zero attached hydrogens (tertiary/aromatic N) is 4. The van der Waals surface area contributed by atoms with Crippen LogP contribution < -0.4 is 21.5 Å². The molecule has 8 heteroatoms. The van der Waals surface area contributed by atoms with E-state index in [2.05, 4.69) is 25.7 Å². The molecule has 18 heavy (non-hydrogen) atoms. The van der Waals surface area contributed by atoms with Crippen LogP contribution in [0.2, 0.25) is 0 Å². The minimum atomic E-state index is 0.105. The van der Waals surface area contributed by atoms with E-state index in [4.69, 9.17) is 10.6 Å². The predicted octanol–water partition coefficient (Wildman–Crippen LogP) is 0.0601. The van der Waals surface area contributed by atoms with E-state index in [0.29, 0.717) is 31.1 Å². The van der Waals surface area contributed by atoms with E-state index < -0.39 is 0 Å². The number of nitrogens with one attached hydrogen (secondary N) is 2. The Bertz CT molecular complexity index is 371. The molecule has 0 bridgehead atoms. The predicted molar refractivity (Wildman–Crippen MR) is 71.5 cm³/mol. The zero-order valence-electron chi connectivity index (χ0n) is 11.3. The molecule has 0 aliphatic heterocycles. The molecule has 0 fully saturated rings. The van der Waals surface area contributed by atoms with Crippen LogP contribution in [0.4, 0.5) is 17.8 Å². The first-order valence-electron chi connectivity index (χ1n) is 5.81. The third-order valence-electron chi connectivity index (χ3n) is 2.10. The van der Waals surface area contributed by atoms with Gasteiger partial charge in [0, 0.05) is 26.7 Å². The molecule has 1 rings (SSSR count). The molecule has 1 heterocycles. The summed E-state index contributed by atoms with van der Waals surface area (Å²) in [5.41, 5.74) is 2.42. The summed E-state index contributed by atoms with van der Waals surface area (Å²) >= 11 is 0. The quantitative estimate of drug-likeness (QED) is 0.464. The minimum Gasteiger partial charge on any atom is -0.380 e. The van der Waals surface area contributed by atoms with Crippen molar-refractivity contribution in [3.63, 3.8) is 0 Å². The maximum absolute atomic E-state index is 5.32. The molecular weight excluding hydrogens is 234 g/mol. The van der Waals surface area contributed by atoms with Crippen LogP contribution in [-0.4, -0.2) is 48.3 Å². The van der Waals surface area contributed by atoms with Crippen molar-refractivity contribution in [2.24, 2.45) is 5.84 Å². The van der Waals surface area contributed by atoms with Gasteiger partial charge in [0.25, 0.3) is 0 Å². The molecule has 1 aromatic rings. The normalized spacial score (nSPS) is 12.1. The van der Waals surface area contributed by atoms with Crippen molar-refractivity contribution in [3.05, 3.63) is 0 Å². The summed E-state index contributed by atoms with van der Waals surface area (Å²) in [6.07, 6.45) is 0. The highest BCUT2D eigenvalue weighted by atomic mass is 16.5. The summed E-state index contributed by atoms with van der Waals surface area (Å²) in [4.78, 5) is 14.3. The van der Waals surface area contributed by atoms with E-state index in [1.54, 1.807) is 4.90 Å². The van der Waals surface area contributed by atoms with Gasteiger partial charge in [-0.05, 0) is 13.8 Å². The van der Waals surface area contributed by atoms with Gasteiger partial charge in [-0.25, -0.2) is 5.84 Å². The first-order valence-corrected chi connectivity index (χ1v) is 5.81. The van der Waals surface area contributed by atoms with E-state index in [9.17, 15) is 0 Å². The number of rotatable bonds is 7. The maximum atomic E-state index is 5.32. The van der Waals surface area contributed by atoms with Gasteiger partial charge in [0.2, 0.25) is 17.8 Å². The fourth-order valence-electron chi connectivity index (χ4n) is 1.25.